The van der Waals surface area contributed by atoms with Crippen LogP contribution in [0.25, 0.3) is 0 Å². The van der Waals surface area contributed by atoms with Gasteiger partial charge < -0.3 is 0 Å². The minimum atomic E-state index is -1.53. The minimum Gasteiger partial charge on any atom is -0.223 e. The summed E-state index contributed by atoms with van der Waals surface area (Å²) in [7, 11) is 0. The van der Waals surface area contributed by atoms with Crippen molar-refractivity contribution in [3.8, 4) is 0 Å². The maximum Gasteiger partial charge on any atom is 0.207 e. The molecule has 1 aromatic rings. The Bertz CT molecular complexity index is 242. The highest BCUT2D eigenvalue weighted by Crippen LogP contribution is 2.04. The highest BCUT2D eigenvalue weighted by atomic mass is 35.5. The molecule has 0 amide bonds. The Morgan fingerprint density at radius 3 is 2.55 bits per heavy atom. The van der Waals surface area contributed by atoms with Crippen LogP contribution in [0.1, 0.15) is 0 Å². The van der Waals surface area contributed by atoms with Crippen molar-refractivity contribution in [1.29, 1.82) is 0 Å². The Kier molecular flexibility index (Phi) is 3.51. The lowest BCUT2D eigenvalue weighted by molar-refractivity contribution is 0.309. The average Bonchev–Trinajstić information content (AvgIpc) is 2.07. The van der Waals surface area contributed by atoms with E-state index >= 15 is 0 Å². The number of rotatable bonds is 3. The van der Waals surface area contributed by atoms with Crippen LogP contribution in [0.4, 0.5) is 0 Å². The molecule has 60 valence electrons. The zero-order valence-corrected chi connectivity index (χ0v) is 7.06. The smallest absolute Gasteiger partial charge is 0.207 e. The van der Waals surface area contributed by atoms with Gasteiger partial charge in [0, 0.05) is 11.8 Å². The van der Waals surface area contributed by atoms with Gasteiger partial charge in [-0.05, 0) is 12.1 Å². The second-order valence-electron chi connectivity index (χ2n) is 1.71. The molecule has 0 aliphatic rings. The molecule has 0 heterocycles. The van der Waals surface area contributed by atoms with Crippen molar-refractivity contribution >= 4 is 22.9 Å². The molecule has 1 unspecified atom stereocenters. The van der Waals surface area contributed by atoms with Gasteiger partial charge in [0.1, 0.15) is 0 Å². The predicted molar refractivity (Wildman–Crippen MR) is 42.9 cm³/mol. The van der Waals surface area contributed by atoms with Crippen molar-refractivity contribution in [3.05, 3.63) is 30.3 Å². The molecule has 1 atom stereocenters. The number of hydrogen-bond donors (Lipinski definition) is 1. The van der Waals surface area contributed by atoms with E-state index in [2.05, 4.69) is 4.28 Å². The summed E-state index contributed by atoms with van der Waals surface area (Å²) in [5, 5.41) is 0. The van der Waals surface area contributed by atoms with Crippen molar-refractivity contribution in [1.82, 2.24) is 5.00 Å². The Morgan fingerprint density at radius 2 is 2.00 bits per heavy atom. The summed E-state index contributed by atoms with van der Waals surface area (Å²) in [4.78, 5) is 2.41. The highest BCUT2D eigenvalue weighted by Gasteiger charge is 2.00. The summed E-state index contributed by atoms with van der Waals surface area (Å²) < 4.78 is 15.4. The van der Waals surface area contributed by atoms with Gasteiger partial charge in [0.2, 0.25) is 11.1 Å². The van der Waals surface area contributed by atoms with Crippen molar-refractivity contribution in [2.45, 2.75) is 4.90 Å². The van der Waals surface area contributed by atoms with Crippen molar-refractivity contribution < 1.29 is 8.49 Å². The Labute approximate surface area is 72.0 Å². The van der Waals surface area contributed by atoms with Crippen molar-refractivity contribution in [3.63, 3.8) is 0 Å². The summed E-state index contributed by atoms with van der Waals surface area (Å²) >= 11 is 3.45. The lowest BCUT2D eigenvalue weighted by atomic mass is 10.4. The molecule has 0 saturated heterocycles. The maximum absolute atomic E-state index is 11.0. The Balaban J connectivity index is 2.69. The largest absolute Gasteiger partial charge is 0.223 e. The van der Waals surface area contributed by atoms with E-state index in [0.29, 0.717) is 4.90 Å². The molecule has 0 spiro atoms. The summed E-state index contributed by atoms with van der Waals surface area (Å²) in [6, 6.07) is 8.74. The van der Waals surface area contributed by atoms with E-state index < -0.39 is 11.1 Å². The zero-order chi connectivity index (χ0) is 8.10. The SMILES string of the molecule is O=S(ONCl)c1ccccc1. The minimum absolute atomic E-state index is 0.570. The van der Waals surface area contributed by atoms with Crippen LogP contribution >= 0.6 is 11.8 Å². The summed E-state index contributed by atoms with van der Waals surface area (Å²) in [5.41, 5.74) is 0. The summed E-state index contributed by atoms with van der Waals surface area (Å²) in [6.45, 7) is 0. The lowest BCUT2D eigenvalue weighted by Crippen LogP contribution is -2.04. The standard InChI is InChI=1S/C6H6ClNO2S/c7-8-10-11(9)6-4-2-1-3-5-6/h1-5,8H. The van der Waals surface area contributed by atoms with Crippen LogP contribution in [0.15, 0.2) is 35.2 Å². The van der Waals surface area contributed by atoms with Gasteiger partial charge in [-0.3, -0.25) is 0 Å². The fraction of sp³-hybridized carbons (Fsp3) is 0. The molecule has 3 nitrogen and oxygen atoms in total. The molecule has 5 heteroatoms. The molecule has 0 saturated carbocycles. The van der Waals surface area contributed by atoms with Crippen molar-refractivity contribution in [2.75, 3.05) is 0 Å². The van der Waals surface area contributed by atoms with Gasteiger partial charge >= 0.3 is 0 Å². The van der Waals surface area contributed by atoms with Crippen molar-refractivity contribution in [2.24, 2.45) is 0 Å². The van der Waals surface area contributed by atoms with Crippen LogP contribution in [0.5, 0.6) is 0 Å². The maximum atomic E-state index is 11.0. The zero-order valence-electron chi connectivity index (χ0n) is 5.49. The van der Waals surface area contributed by atoms with E-state index in [4.69, 9.17) is 11.8 Å². The van der Waals surface area contributed by atoms with E-state index in [1.54, 1.807) is 24.3 Å². The van der Waals surface area contributed by atoms with E-state index in [-0.39, 0.29) is 0 Å². The van der Waals surface area contributed by atoms with Gasteiger partial charge in [-0.1, -0.05) is 23.2 Å². The molecule has 1 N–H and O–H groups in total. The number of benzene rings is 1. The third-order valence-electron chi connectivity index (χ3n) is 1.04. The quantitative estimate of drug-likeness (QED) is 0.580. The first-order valence-electron chi connectivity index (χ1n) is 2.84. The third kappa shape index (κ3) is 2.59. The predicted octanol–water partition coefficient (Wildman–Crippen LogP) is 1.38. The average molecular weight is 192 g/mol. The molecule has 1 rings (SSSR count). The number of hydrogen-bond acceptors (Lipinski definition) is 3. The number of nitrogens with one attached hydrogen (secondary N) is 1. The van der Waals surface area contributed by atoms with Crippen LogP contribution in [0, 0.1) is 0 Å². The molecule has 0 aliphatic heterocycles. The van der Waals surface area contributed by atoms with Gasteiger partial charge in [0.05, 0.1) is 4.90 Å². The molecule has 0 bridgehead atoms. The van der Waals surface area contributed by atoms with E-state index in [9.17, 15) is 4.21 Å². The summed E-state index contributed by atoms with van der Waals surface area (Å²) in [5.74, 6) is 0. The lowest BCUT2D eigenvalue weighted by Gasteiger charge is -1.97. The van der Waals surface area contributed by atoms with E-state index in [0.717, 1.165) is 0 Å². The monoisotopic (exact) mass is 191 g/mol. The molecule has 0 aliphatic carbocycles. The molecule has 11 heavy (non-hydrogen) atoms. The van der Waals surface area contributed by atoms with Crippen LogP contribution in [0.2, 0.25) is 0 Å². The molecular formula is C6H6ClNO2S. The van der Waals surface area contributed by atoms with Crippen LogP contribution in [-0.2, 0) is 15.4 Å². The summed E-state index contributed by atoms with van der Waals surface area (Å²) in [6.07, 6.45) is 0. The van der Waals surface area contributed by atoms with E-state index in [1.807, 2.05) is 11.1 Å². The first-order valence-corrected chi connectivity index (χ1v) is 4.29. The molecule has 1 aromatic carbocycles. The van der Waals surface area contributed by atoms with Gasteiger partial charge in [-0.15, -0.1) is 0 Å². The molecule has 0 aromatic heterocycles. The van der Waals surface area contributed by atoms with Gasteiger partial charge in [-0.2, -0.15) is 4.28 Å². The van der Waals surface area contributed by atoms with Crippen LogP contribution in [0.3, 0.4) is 0 Å². The fourth-order valence-corrected chi connectivity index (χ4v) is 1.31. The second-order valence-corrected chi connectivity index (χ2v) is 2.97. The van der Waals surface area contributed by atoms with Crippen LogP contribution < -0.4 is 5.00 Å². The first kappa shape index (κ1) is 8.67. The Morgan fingerprint density at radius 1 is 1.36 bits per heavy atom. The second kappa shape index (κ2) is 4.46. The number of halogens is 1. The molecule has 0 radical (unpaired) electrons. The third-order valence-corrected chi connectivity index (χ3v) is 2.10. The van der Waals surface area contributed by atoms with E-state index in [1.165, 1.54) is 0 Å². The topological polar surface area (TPSA) is 38.3 Å². The first-order chi connectivity index (χ1) is 5.34. The molecular weight excluding hydrogens is 186 g/mol. The van der Waals surface area contributed by atoms with Gasteiger partial charge in [0.15, 0.2) is 0 Å². The Hall–Kier alpha value is -0.420. The van der Waals surface area contributed by atoms with Gasteiger partial charge in [-0.25, -0.2) is 4.21 Å². The molecule has 0 fully saturated rings. The van der Waals surface area contributed by atoms with Gasteiger partial charge in [0.25, 0.3) is 0 Å². The normalized spacial score (nSPS) is 12.8. The highest BCUT2D eigenvalue weighted by molar-refractivity contribution is 7.80. The fourth-order valence-electron chi connectivity index (χ4n) is 0.608. The van der Waals surface area contributed by atoms with Crippen LogP contribution in [-0.4, -0.2) is 4.21 Å².